The third-order valence-electron chi connectivity index (χ3n) is 2.64. The molecule has 0 radical (unpaired) electrons. The van der Waals surface area contributed by atoms with Gasteiger partial charge in [0.2, 0.25) is 0 Å². The lowest BCUT2D eigenvalue weighted by molar-refractivity contribution is -0.137. The van der Waals surface area contributed by atoms with Gasteiger partial charge in [-0.15, -0.1) is 11.3 Å². The molecular weight excluding hydrogens is 355 g/mol. The standard InChI is InChI=1S/C12H11BrF3N3S/c13-8-3-1-2-7(4-8)5-9(19-17)10-6-18-11(20-10)12(14,15)16/h1-4,6,9,19H,5,17H2. The topological polar surface area (TPSA) is 50.9 Å². The second kappa shape index (κ2) is 6.21. The van der Waals surface area contributed by atoms with Crippen LogP contribution in [0.4, 0.5) is 13.2 Å². The van der Waals surface area contributed by atoms with E-state index in [1.54, 1.807) is 0 Å². The molecule has 0 aliphatic heterocycles. The summed E-state index contributed by atoms with van der Waals surface area (Å²) in [5.41, 5.74) is 3.50. The van der Waals surface area contributed by atoms with E-state index in [4.69, 9.17) is 5.84 Å². The smallest absolute Gasteiger partial charge is 0.271 e. The van der Waals surface area contributed by atoms with Gasteiger partial charge in [0.25, 0.3) is 0 Å². The Morgan fingerprint density at radius 2 is 2.15 bits per heavy atom. The first kappa shape index (κ1) is 15.4. The molecule has 3 nitrogen and oxygen atoms in total. The van der Waals surface area contributed by atoms with Gasteiger partial charge in [-0.25, -0.2) is 4.98 Å². The van der Waals surface area contributed by atoms with Crippen LogP contribution in [-0.4, -0.2) is 4.98 Å². The Bertz CT molecular complexity index is 585. The number of thiazole rings is 1. The number of nitrogens with two attached hydrogens (primary N) is 1. The Hall–Kier alpha value is -0.960. The second-order valence-electron chi connectivity index (χ2n) is 4.12. The predicted molar refractivity (Wildman–Crippen MR) is 75.0 cm³/mol. The highest BCUT2D eigenvalue weighted by atomic mass is 79.9. The summed E-state index contributed by atoms with van der Waals surface area (Å²) < 4.78 is 38.5. The van der Waals surface area contributed by atoms with Gasteiger partial charge in [0.15, 0.2) is 5.01 Å². The first-order valence-electron chi connectivity index (χ1n) is 5.63. The number of hydrazine groups is 1. The van der Waals surface area contributed by atoms with Gasteiger partial charge >= 0.3 is 6.18 Å². The lowest BCUT2D eigenvalue weighted by Crippen LogP contribution is -2.29. The highest BCUT2D eigenvalue weighted by molar-refractivity contribution is 9.10. The Morgan fingerprint density at radius 3 is 2.70 bits per heavy atom. The molecule has 0 spiro atoms. The lowest BCUT2D eigenvalue weighted by atomic mass is 10.1. The molecule has 1 aromatic carbocycles. The summed E-state index contributed by atoms with van der Waals surface area (Å²) in [6.07, 6.45) is -2.72. The average Bonchev–Trinajstić information content (AvgIpc) is 2.85. The number of alkyl halides is 3. The average molecular weight is 366 g/mol. The van der Waals surface area contributed by atoms with Crippen molar-refractivity contribution in [2.24, 2.45) is 5.84 Å². The number of rotatable bonds is 4. The molecule has 20 heavy (non-hydrogen) atoms. The number of nitrogens with zero attached hydrogens (tertiary/aromatic N) is 1. The maximum Gasteiger partial charge on any atom is 0.443 e. The van der Waals surface area contributed by atoms with Crippen molar-refractivity contribution in [1.29, 1.82) is 0 Å². The maximum absolute atomic E-state index is 12.5. The molecule has 108 valence electrons. The molecule has 0 saturated carbocycles. The van der Waals surface area contributed by atoms with Crippen LogP contribution >= 0.6 is 27.3 Å². The zero-order valence-corrected chi connectivity index (χ0v) is 12.5. The molecule has 0 amide bonds. The Kier molecular flexibility index (Phi) is 4.79. The molecule has 2 rings (SSSR count). The van der Waals surface area contributed by atoms with E-state index in [-0.39, 0.29) is 0 Å². The van der Waals surface area contributed by atoms with E-state index >= 15 is 0 Å². The van der Waals surface area contributed by atoms with E-state index < -0.39 is 17.2 Å². The fourth-order valence-electron chi connectivity index (χ4n) is 1.72. The van der Waals surface area contributed by atoms with Crippen molar-refractivity contribution >= 4 is 27.3 Å². The van der Waals surface area contributed by atoms with Gasteiger partial charge in [-0.1, -0.05) is 28.1 Å². The van der Waals surface area contributed by atoms with Crippen LogP contribution in [0.3, 0.4) is 0 Å². The van der Waals surface area contributed by atoms with E-state index in [0.29, 0.717) is 22.6 Å². The molecule has 1 heterocycles. The van der Waals surface area contributed by atoms with Crippen LogP contribution in [0, 0.1) is 0 Å². The maximum atomic E-state index is 12.5. The molecule has 2 aromatic rings. The number of hydrogen-bond acceptors (Lipinski definition) is 4. The number of aromatic nitrogens is 1. The third-order valence-corrected chi connectivity index (χ3v) is 4.29. The molecular formula is C12H11BrF3N3S. The molecule has 1 aromatic heterocycles. The van der Waals surface area contributed by atoms with Crippen LogP contribution in [-0.2, 0) is 12.6 Å². The van der Waals surface area contributed by atoms with Gasteiger partial charge in [-0.05, 0) is 24.1 Å². The third kappa shape index (κ3) is 3.78. The number of benzene rings is 1. The van der Waals surface area contributed by atoms with Crippen LogP contribution in [0.5, 0.6) is 0 Å². The monoisotopic (exact) mass is 365 g/mol. The fraction of sp³-hybridized carbons (Fsp3) is 0.250. The summed E-state index contributed by atoms with van der Waals surface area (Å²) in [5.74, 6) is 5.44. The minimum Gasteiger partial charge on any atom is -0.271 e. The van der Waals surface area contributed by atoms with Crippen molar-refractivity contribution in [3.63, 3.8) is 0 Å². The van der Waals surface area contributed by atoms with Crippen LogP contribution in [0.1, 0.15) is 21.5 Å². The van der Waals surface area contributed by atoms with Crippen molar-refractivity contribution in [2.45, 2.75) is 18.6 Å². The zero-order chi connectivity index (χ0) is 14.8. The van der Waals surface area contributed by atoms with Crippen molar-refractivity contribution in [3.8, 4) is 0 Å². The molecule has 0 bridgehead atoms. The minimum atomic E-state index is -4.42. The van der Waals surface area contributed by atoms with E-state index in [2.05, 4.69) is 26.3 Å². The first-order chi connectivity index (χ1) is 9.40. The largest absolute Gasteiger partial charge is 0.443 e. The van der Waals surface area contributed by atoms with Gasteiger partial charge in [0.05, 0.1) is 6.04 Å². The van der Waals surface area contributed by atoms with E-state index in [0.717, 1.165) is 10.0 Å². The predicted octanol–water partition coefficient (Wildman–Crippen LogP) is 3.67. The van der Waals surface area contributed by atoms with Crippen molar-refractivity contribution in [1.82, 2.24) is 10.4 Å². The number of nitrogens with one attached hydrogen (secondary N) is 1. The lowest BCUT2D eigenvalue weighted by Gasteiger charge is -2.14. The summed E-state index contributed by atoms with van der Waals surface area (Å²) in [7, 11) is 0. The van der Waals surface area contributed by atoms with Crippen LogP contribution in [0.15, 0.2) is 34.9 Å². The van der Waals surface area contributed by atoms with Crippen LogP contribution < -0.4 is 11.3 Å². The first-order valence-corrected chi connectivity index (χ1v) is 7.24. The highest BCUT2D eigenvalue weighted by Crippen LogP contribution is 2.35. The van der Waals surface area contributed by atoms with Gasteiger partial charge in [-0.3, -0.25) is 11.3 Å². The quantitative estimate of drug-likeness (QED) is 0.641. The zero-order valence-electron chi connectivity index (χ0n) is 10.1. The Labute approximate surface area is 126 Å². The van der Waals surface area contributed by atoms with Crippen molar-refractivity contribution in [2.75, 3.05) is 0 Å². The van der Waals surface area contributed by atoms with Crippen molar-refractivity contribution < 1.29 is 13.2 Å². The number of halogens is 4. The second-order valence-corrected chi connectivity index (χ2v) is 6.10. The van der Waals surface area contributed by atoms with Crippen molar-refractivity contribution in [3.05, 3.63) is 50.4 Å². The summed E-state index contributed by atoms with van der Waals surface area (Å²) in [4.78, 5) is 3.86. The summed E-state index contributed by atoms with van der Waals surface area (Å²) >= 11 is 3.96. The Morgan fingerprint density at radius 1 is 1.40 bits per heavy atom. The van der Waals surface area contributed by atoms with Crippen LogP contribution in [0.2, 0.25) is 0 Å². The summed E-state index contributed by atoms with van der Waals surface area (Å²) in [6.45, 7) is 0. The molecule has 0 aliphatic carbocycles. The number of hydrogen-bond donors (Lipinski definition) is 2. The van der Waals surface area contributed by atoms with Gasteiger partial charge in [0, 0.05) is 15.5 Å². The molecule has 0 saturated heterocycles. The molecule has 1 atom stereocenters. The molecule has 3 N–H and O–H groups in total. The molecule has 8 heteroatoms. The molecule has 1 unspecified atom stereocenters. The van der Waals surface area contributed by atoms with E-state index in [1.807, 2.05) is 24.3 Å². The summed E-state index contributed by atoms with van der Waals surface area (Å²) in [6, 6.07) is 7.12. The highest BCUT2D eigenvalue weighted by Gasteiger charge is 2.35. The molecule has 0 aliphatic rings. The molecule has 0 fully saturated rings. The van der Waals surface area contributed by atoms with Gasteiger partial charge in [0.1, 0.15) is 0 Å². The van der Waals surface area contributed by atoms with Gasteiger partial charge < -0.3 is 0 Å². The SMILES string of the molecule is NNC(Cc1cccc(Br)c1)c1cnc(C(F)(F)F)s1. The Balaban J connectivity index is 2.18. The fourth-order valence-corrected chi connectivity index (χ4v) is 3.01. The minimum absolute atomic E-state index is 0.405. The van der Waals surface area contributed by atoms with Crippen LogP contribution in [0.25, 0.3) is 0 Å². The van der Waals surface area contributed by atoms with E-state index in [1.165, 1.54) is 6.20 Å². The normalized spacial score (nSPS) is 13.4. The van der Waals surface area contributed by atoms with Gasteiger partial charge in [-0.2, -0.15) is 13.2 Å². The van der Waals surface area contributed by atoms with E-state index in [9.17, 15) is 13.2 Å². The summed E-state index contributed by atoms with van der Waals surface area (Å²) in [5, 5.41) is -0.859.